The van der Waals surface area contributed by atoms with Gasteiger partial charge in [-0.25, -0.2) is 9.59 Å². The minimum atomic E-state index is -0.644. The Morgan fingerprint density at radius 2 is 1.66 bits per heavy atom. The highest BCUT2D eigenvalue weighted by Gasteiger charge is 2.34. The standard InChI is InChI=1S/C20H25N3O6/c1-27-19(25)14-11-29-12-23(17(14)20(26)28-2)16-6-4-3-5-15(16)22-9-7-13(8-10-22)18(21)24/h3-6,13H,7-12H2,1-2H3,(H2,21,24). The fraction of sp³-hybridized carbons (Fsp3) is 0.450. The van der Waals surface area contributed by atoms with Crippen LogP contribution in [0, 0.1) is 5.92 Å². The van der Waals surface area contributed by atoms with E-state index in [2.05, 4.69) is 4.90 Å². The SMILES string of the molecule is COC(=O)C1=C(C(=O)OC)N(c2ccccc2N2CCC(C(N)=O)CC2)COC1. The molecule has 0 spiro atoms. The fourth-order valence-corrected chi connectivity index (χ4v) is 3.70. The molecule has 9 nitrogen and oxygen atoms in total. The number of piperidine rings is 1. The molecule has 156 valence electrons. The number of rotatable bonds is 5. The zero-order chi connectivity index (χ0) is 21.0. The molecule has 9 heteroatoms. The first-order valence-electron chi connectivity index (χ1n) is 9.36. The second-order valence-corrected chi connectivity index (χ2v) is 6.87. The van der Waals surface area contributed by atoms with E-state index in [-0.39, 0.29) is 36.4 Å². The van der Waals surface area contributed by atoms with Crippen molar-refractivity contribution in [3.05, 3.63) is 35.5 Å². The van der Waals surface area contributed by atoms with E-state index in [1.807, 2.05) is 24.3 Å². The number of ether oxygens (including phenoxy) is 3. The second kappa shape index (κ2) is 8.95. The Morgan fingerprint density at radius 3 is 2.24 bits per heavy atom. The average molecular weight is 403 g/mol. The van der Waals surface area contributed by atoms with Gasteiger partial charge >= 0.3 is 11.9 Å². The summed E-state index contributed by atoms with van der Waals surface area (Å²) in [5.74, 6) is -1.69. The van der Waals surface area contributed by atoms with Gasteiger partial charge < -0.3 is 29.7 Å². The van der Waals surface area contributed by atoms with Crippen molar-refractivity contribution in [1.82, 2.24) is 0 Å². The number of nitrogens with zero attached hydrogens (tertiary/aromatic N) is 2. The molecular formula is C20H25N3O6. The van der Waals surface area contributed by atoms with Gasteiger partial charge in [-0.1, -0.05) is 12.1 Å². The Kier molecular flexibility index (Phi) is 6.38. The number of anilines is 2. The van der Waals surface area contributed by atoms with Crippen molar-refractivity contribution in [3.8, 4) is 0 Å². The topological polar surface area (TPSA) is 111 Å². The molecule has 1 saturated heterocycles. The molecule has 0 atom stereocenters. The highest BCUT2D eigenvalue weighted by atomic mass is 16.5. The molecule has 29 heavy (non-hydrogen) atoms. The van der Waals surface area contributed by atoms with Crippen molar-refractivity contribution in [3.63, 3.8) is 0 Å². The van der Waals surface area contributed by atoms with Gasteiger partial charge in [-0.2, -0.15) is 0 Å². The van der Waals surface area contributed by atoms with E-state index in [0.29, 0.717) is 31.6 Å². The van der Waals surface area contributed by atoms with Crippen LogP contribution in [0.25, 0.3) is 0 Å². The summed E-state index contributed by atoms with van der Waals surface area (Å²) in [6.45, 7) is 1.35. The minimum absolute atomic E-state index is 0.0419. The van der Waals surface area contributed by atoms with E-state index in [1.54, 1.807) is 4.90 Å². The number of methoxy groups -OCH3 is 2. The maximum Gasteiger partial charge on any atom is 0.355 e. The summed E-state index contributed by atoms with van der Waals surface area (Å²) in [6, 6.07) is 7.52. The monoisotopic (exact) mass is 403 g/mol. The Bertz CT molecular complexity index is 829. The van der Waals surface area contributed by atoms with E-state index in [0.717, 1.165) is 5.69 Å². The molecule has 0 bridgehead atoms. The maximum atomic E-state index is 12.5. The fourth-order valence-electron chi connectivity index (χ4n) is 3.70. The molecule has 0 aliphatic carbocycles. The van der Waals surface area contributed by atoms with Gasteiger partial charge in [-0.05, 0) is 25.0 Å². The number of para-hydroxylation sites is 2. The quantitative estimate of drug-likeness (QED) is 0.718. The summed E-state index contributed by atoms with van der Waals surface area (Å²) in [7, 11) is 2.51. The molecule has 3 rings (SSSR count). The van der Waals surface area contributed by atoms with Crippen molar-refractivity contribution in [1.29, 1.82) is 0 Å². The summed E-state index contributed by atoms with van der Waals surface area (Å²) in [4.78, 5) is 40.0. The van der Waals surface area contributed by atoms with Crippen LogP contribution in [-0.4, -0.2) is 58.5 Å². The summed E-state index contributed by atoms with van der Waals surface area (Å²) in [5, 5.41) is 0. The van der Waals surface area contributed by atoms with Gasteiger partial charge in [0, 0.05) is 19.0 Å². The van der Waals surface area contributed by atoms with Crippen LogP contribution in [0.3, 0.4) is 0 Å². The average Bonchev–Trinajstić information content (AvgIpc) is 2.77. The van der Waals surface area contributed by atoms with Gasteiger partial charge in [0.05, 0.1) is 37.8 Å². The molecule has 1 fully saturated rings. The van der Waals surface area contributed by atoms with E-state index in [9.17, 15) is 14.4 Å². The van der Waals surface area contributed by atoms with Gasteiger partial charge in [0.1, 0.15) is 12.4 Å². The lowest BCUT2D eigenvalue weighted by atomic mass is 9.95. The first kappa shape index (κ1) is 20.7. The minimum Gasteiger partial charge on any atom is -0.466 e. The third-order valence-electron chi connectivity index (χ3n) is 5.24. The molecular weight excluding hydrogens is 378 g/mol. The number of carbonyl (C=O) groups is 3. The molecule has 0 aromatic heterocycles. The Morgan fingerprint density at radius 1 is 1.03 bits per heavy atom. The first-order chi connectivity index (χ1) is 14.0. The summed E-state index contributed by atoms with van der Waals surface area (Å²) < 4.78 is 15.3. The van der Waals surface area contributed by atoms with Crippen molar-refractivity contribution in [2.45, 2.75) is 12.8 Å². The molecule has 2 heterocycles. The van der Waals surface area contributed by atoms with E-state index < -0.39 is 11.9 Å². The van der Waals surface area contributed by atoms with Crippen LogP contribution in [0.1, 0.15) is 12.8 Å². The third kappa shape index (κ3) is 4.19. The van der Waals surface area contributed by atoms with Gasteiger partial charge in [-0.15, -0.1) is 0 Å². The number of hydrogen-bond acceptors (Lipinski definition) is 8. The number of benzene rings is 1. The second-order valence-electron chi connectivity index (χ2n) is 6.87. The lowest BCUT2D eigenvalue weighted by molar-refractivity contribution is -0.140. The van der Waals surface area contributed by atoms with E-state index in [4.69, 9.17) is 19.9 Å². The molecule has 1 amide bonds. The van der Waals surface area contributed by atoms with Gasteiger partial charge in [-0.3, -0.25) is 4.79 Å². The van der Waals surface area contributed by atoms with E-state index >= 15 is 0 Å². The molecule has 0 radical (unpaired) electrons. The summed E-state index contributed by atoms with van der Waals surface area (Å²) in [5.41, 5.74) is 7.21. The number of amides is 1. The van der Waals surface area contributed by atoms with Crippen molar-refractivity contribution >= 4 is 29.2 Å². The van der Waals surface area contributed by atoms with Crippen molar-refractivity contribution in [2.24, 2.45) is 11.7 Å². The molecule has 2 aliphatic heterocycles. The van der Waals surface area contributed by atoms with Crippen LogP contribution in [0.2, 0.25) is 0 Å². The van der Waals surface area contributed by atoms with Crippen molar-refractivity contribution < 1.29 is 28.6 Å². The highest BCUT2D eigenvalue weighted by molar-refractivity contribution is 6.04. The molecule has 1 aromatic carbocycles. The highest BCUT2D eigenvalue weighted by Crippen LogP contribution is 2.36. The Balaban J connectivity index is 1.99. The van der Waals surface area contributed by atoms with Crippen LogP contribution >= 0.6 is 0 Å². The van der Waals surface area contributed by atoms with Crippen molar-refractivity contribution in [2.75, 3.05) is 50.4 Å². The lowest BCUT2D eigenvalue weighted by Crippen LogP contribution is -2.41. The maximum absolute atomic E-state index is 12.5. The number of hydrogen-bond donors (Lipinski definition) is 1. The van der Waals surface area contributed by atoms with Gasteiger partial charge in [0.15, 0.2) is 0 Å². The van der Waals surface area contributed by atoms with Crippen LogP contribution in [-0.2, 0) is 28.6 Å². The number of esters is 2. The van der Waals surface area contributed by atoms with Crippen LogP contribution in [0.4, 0.5) is 11.4 Å². The summed E-state index contributed by atoms with van der Waals surface area (Å²) in [6.07, 6.45) is 1.32. The summed E-state index contributed by atoms with van der Waals surface area (Å²) >= 11 is 0. The van der Waals surface area contributed by atoms with Crippen LogP contribution < -0.4 is 15.5 Å². The third-order valence-corrected chi connectivity index (χ3v) is 5.24. The zero-order valence-corrected chi connectivity index (χ0v) is 16.6. The molecule has 0 saturated carbocycles. The number of carbonyl (C=O) groups excluding carboxylic acids is 3. The smallest absolute Gasteiger partial charge is 0.355 e. The lowest BCUT2D eigenvalue weighted by Gasteiger charge is -2.37. The molecule has 2 N–H and O–H groups in total. The molecule has 2 aliphatic rings. The zero-order valence-electron chi connectivity index (χ0n) is 16.6. The van der Waals surface area contributed by atoms with E-state index in [1.165, 1.54) is 14.2 Å². The number of nitrogens with two attached hydrogens (primary N) is 1. The normalized spacial score (nSPS) is 17.9. The predicted molar refractivity (Wildman–Crippen MR) is 105 cm³/mol. The van der Waals surface area contributed by atoms with Gasteiger partial charge in [0.25, 0.3) is 0 Å². The predicted octanol–water partition coefficient (Wildman–Crippen LogP) is 0.782. The van der Waals surface area contributed by atoms with Gasteiger partial charge in [0.2, 0.25) is 5.91 Å². The first-order valence-corrected chi connectivity index (χ1v) is 9.36. The number of primary amides is 1. The molecule has 0 unspecified atom stereocenters. The Labute approximate surface area is 169 Å². The van der Waals surface area contributed by atoms with Crippen LogP contribution in [0.5, 0.6) is 0 Å². The Hall–Kier alpha value is -3.07. The van der Waals surface area contributed by atoms with Crippen LogP contribution in [0.15, 0.2) is 35.5 Å². The molecule has 1 aromatic rings. The largest absolute Gasteiger partial charge is 0.466 e.